The number of hydrogen-bond donors (Lipinski definition) is 2. The van der Waals surface area contributed by atoms with E-state index in [9.17, 15) is 20.0 Å². The number of aliphatic hydroxyl groups is 1. The maximum atomic E-state index is 12.1. The Hall–Kier alpha value is -2.15. The molecule has 0 spiro atoms. The van der Waals surface area contributed by atoms with E-state index in [4.69, 9.17) is 4.74 Å². The van der Waals surface area contributed by atoms with Crippen LogP contribution in [0.2, 0.25) is 0 Å². The van der Waals surface area contributed by atoms with E-state index >= 15 is 0 Å². The maximum Gasteiger partial charge on any atom is 0.311 e. The highest BCUT2D eigenvalue weighted by Gasteiger charge is 2.23. The molecule has 116 valence electrons. The first-order valence-corrected chi connectivity index (χ1v) is 6.87. The normalized spacial score (nSPS) is 11.8. The van der Waals surface area contributed by atoms with Gasteiger partial charge in [0, 0.05) is 12.6 Å². The zero-order chi connectivity index (χ0) is 15.8. The van der Waals surface area contributed by atoms with Gasteiger partial charge in [0.15, 0.2) is 0 Å². The topological polar surface area (TPSA) is 102 Å². The summed E-state index contributed by atoms with van der Waals surface area (Å²) in [6.45, 7) is 3.92. The molecule has 2 N–H and O–H groups in total. The first kappa shape index (κ1) is 16.9. The molecule has 0 saturated heterocycles. The van der Waals surface area contributed by atoms with E-state index < -0.39 is 16.9 Å². The Bertz CT molecular complexity index is 504. The number of ether oxygens (including phenoxy) is 1. The van der Waals surface area contributed by atoms with Crippen molar-refractivity contribution >= 4 is 11.6 Å². The lowest BCUT2D eigenvalue weighted by Crippen LogP contribution is -2.32. The molecule has 7 nitrogen and oxygen atoms in total. The Morgan fingerprint density at radius 3 is 2.76 bits per heavy atom. The quantitative estimate of drug-likeness (QED) is 0.563. The molecule has 0 bridgehead atoms. The average molecular weight is 296 g/mol. The molecule has 21 heavy (non-hydrogen) atoms. The van der Waals surface area contributed by atoms with Gasteiger partial charge >= 0.3 is 5.69 Å². The predicted octanol–water partition coefficient (Wildman–Crippen LogP) is 1.88. The van der Waals surface area contributed by atoms with Crippen molar-refractivity contribution in [2.24, 2.45) is 0 Å². The summed E-state index contributed by atoms with van der Waals surface area (Å²) < 4.78 is 5.24. The van der Waals surface area contributed by atoms with Gasteiger partial charge < -0.3 is 15.2 Å². The van der Waals surface area contributed by atoms with Crippen LogP contribution in [0.4, 0.5) is 5.69 Å². The van der Waals surface area contributed by atoms with Gasteiger partial charge in [0.2, 0.25) is 5.75 Å². The lowest BCUT2D eigenvalue weighted by molar-refractivity contribution is -0.385. The SMILES string of the molecule is CCCC(O)CNC(=O)c1cccc([N+](=O)[O-])c1OCC. The van der Waals surface area contributed by atoms with Gasteiger partial charge in [0.1, 0.15) is 0 Å². The third-order valence-corrected chi connectivity index (χ3v) is 2.84. The van der Waals surface area contributed by atoms with Crippen LogP contribution in [0.25, 0.3) is 0 Å². The second-order valence-corrected chi connectivity index (χ2v) is 4.50. The minimum absolute atomic E-state index is 0.0486. The van der Waals surface area contributed by atoms with Crippen LogP contribution < -0.4 is 10.1 Å². The van der Waals surface area contributed by atoms with Gasteiger partial charge in [0.05, 0.1) is 23.2 Å². The van der Waals surface area contributed by atoms with Crippen LogP contribution in [0.5, 0.6) is 5.75 Å². The molecule has 0 fully saturated rings. The molecular weight excluding hydrogens is 276 g/mol. The molecule has 1 rings (SSSR count). The van der Waals surface area contributed by atoms with Crippen molar-refractivity contribution in [1.29, 1.82) is 0 Å². The predicted molar refractivity (Wildman–Crippen MR) is 77.5 cm³/mol. The molecule has 0 saturated carbocycles. The van der Waals surface area contributed by atoms with Gasteiger partial charge in [0.25, 0.3) is 5.91 Å². The van der Waals surface area contributed by atoms with Gasteiger partial charge in [-0.15, -0.1) is 0 Å². The summed E-state index contributed by atoms with van der Waals surface area (Å²) in [5.74, 6) is -0.551. The van der Waals surface area contributed by atoms with Crippen LogP contribution in [0.3, 0.4) is 0 Å². The Labute approximate surface area is 123 Å². The van der Waals surface area contributed by atoms with Crippen molar-refractivity contribution in [2.45, 2.75) is 32.8 Å². The largest absolute Gasteiger partial charge is 0.487 e. The maximum absolute atomic E-state index is 12.1. The van der Waals surface area contributed by atoms with Crippen LogP contribution >= 0.6 is 0 Å². The molecule has 1 amide bonds. The zero-order valence-corrected chi connectivity index (χ0v) is 12.2. The number of nitro groups is 1. The minimum Gasteiger partial charge on any atom is -0.487 e. The second kappa shape index (κ2) is 8.21. The highest BCUT2D eigenvalue weighted by atomic mass is 16.6. The summed E-state index contributed by atoms with van der Waals surface area (Å²) in [7, 11) is 0. The Morgan fingerprint density at radius 1 is 1.48 bits per heavy atom. The molecular formula is C14H20N2O5. The number of benzene rings is 1. The van der Waals surface area contributed by atoms with Crippen molar-refractivity contribution in [2.75, 3.05) is 13.2 Å². The molecule has 0 aliphatic rings. The smallest absolute Gasteiger partial charge is 0.311 e. The van der Waals surface area contributed by atoms with Crippen molar-refractivity contribution in [3.63, 3.8) is 0 Å². The van der Waals surface area contributed by atoms with E-state index in [1.54, 1.807) is 6.92 Å². The number of para-hydroxylation sites is 1. The number of amides is 1. The third-order valence-electron chi connectivity index (χ3n) is 2.84. The summed E-state index contributed by atoms with van der Waals surface area (Å²) in [4.78, 5) is 22.5. The molecule has 0 aromatic heterocycles. The van der Waals surface area contributed by atoms with Crippen LogP contribution in [-0.2, 0) is 0 Å². The number of carbonyl (C=O) groups excluding carboxylic acids is 1. The number of nitro benzene ring substituents is 1. The molecule has 1 aromatic carbocycles. The van der Waals surface area contributed by atoms with Crippen LogP contribution in [0.1, 0.15) is 37.0 Å². The van der Waals surface area contributed by atoms with Crippen molar-refractivity contribution < 1.29 is 19.6 Å². The Morgan fingerprint density at radius 2 is 2.19 bits per heavy atom. The van der Waals surface area contributed by atoms with Crippen molar-refractivity contribution in [3.8, 4) is 5.75 Å². The highest BCUT2D eigenvalue weighted by molar-refractivity contribution is 5.98. The third kappa shape index (κ3) is 4.71. The van der Waals surface area contributed by atoms with E-state index in [1.807, 2.05) is 6.92 Å². The average Bonchev–Trinajstić information content (AvgIpc) is 2.45. The van der Waals surface area contributed by atoms with Gasteiger partial charge in [-0.2, -0.15) is 0 Å². The van der Waals surface area contributed by atoms with Gasteiger partial charge in [-0.25, -0.2) is 0 Å². The number of rotatable bonds is 8. The molecule has 0 aliphatic heterocycles. The van der Waals surface area contributed by atoms with Crippen LogP contribution in [-0.4, -0.2) is 35.2 Å². The lowest BCUT2D eigenvalue weighted by atomic mass is 10.1. The summed E-state index contributed by atoms with van der Waals surface area (Å²) >= 11 is 0. The molecule has 7 heteroatoms. The fraction of sp³-hybridized carbons (Fsp3) is 0.500. The number of nitrogens with zero attached hydrogens (tertiary/aromatic N) is 1. The summed E-state index contributed by atoms with van der Waals surface area (Å²) in [6, 6.07) is 4.17. The van der Waals surface area contributed by atoms with E-state index in [2.05, 4.69) is 5.32 Å². The molecule has 1 unspecified atom stereocenters. The monoisotopic (exact) mass is 296 g/mol. The van der Waals surface area contributed by atoms with Crippen molar-refractivity contribution in [1.82, 2.24) is 5.32 Å². The summed E-state index contributed by atoms with van der Waals surface area (Å²) in [5.41, 5.74) is -0.159. The zero-order valence-electron chi connectivity index (χ0n) is 12.2. The lowest BCUT2D eigenvalue weighted by Gasteiger charge is -2.13. The summed E-state index contributed by atoms with van der Waals surface area (Å²) in [5, 5.41) is 23.1. The number of aliphatic hydroxyl groups excluding tert-OH is 1. The van der Waals surface area contributed by atoms with Crippen molar-refractivity contribution in [3.05, 3.63) is 33.9 Å². The molecule has 0 aliphatic carbocycles. The second-order valence-electron chi connectivity index (χ2n) is 4.50. The van der Waals surface area contributed by atoms with E-state index in [0.29, 0.717) is 6.42 Å². The first-order chi connectivity index (χ1) is 10.0. The first-order valence-electron chi connectivity index (χ1n) is 6.87. The molecule has 1 atom stereocenters. The van der Waals surface area contributed by atoms with Gasteiger partial charge in [-0.3, -0.25) is 14.9 Å². The molecule has 0 heterocycles. The fourth-order valence-electron chi connectivity index (χ4n) is 1.88. The van der Waals surface area contributed by atoms with Gasteiger partial charge in [-0.1, -0.05) is 19.4 Å². The Kier molecular flexibility index (Phi) is 6.61. The number of carbonyl (C=O) groups is 1. The fourth-order valence-corrected chi connectivity index (χ4v) is 1.88. The van der Waals surface area contributed by atoms with Crippen LogP contribution in [0.15, 0.2) is 18.2 Å². The molecule has 1 aromatic rings. The van der Waals surface area contributed by atoms with Gasteiger partial charge in [-0.05, 0) is 19.4 Å². The standard InChI is InChI=1S/C14H20N2O5/c1-3-6-10(17)9-15-14(18)11-7-5-8-12(16(19)20)13(11)21-4-2/h5,7-8,10,17H,3-4,6,9H2,1-2H3,(H,15,18). The Balaban J connectivity index is 2.92. The molecule has 0 radical (unpaired) electrons. The number of hydrogen-bond acceptors (Lipinski definition) is 5. The number of nitrogens with one attached hydrogen (secondary N) is 1. The minimum atomic E-state index is -0.631. The highest BCUT2D eigenvalue weighted by Crippen LogP contribution is 2.30. The van der Waals surface area contributed by atoms with E-state index in [0.717, 1.165) is 6.42 Å². The van der Waals surface area contributed by atoms with Crippen LogP contribution in [0, 0.1) is 10.1 Å². The summed E-state index contributed by atoms with van der Waals surface area (Å²) in [6.07, 6.45) is 0.749. The van der Waals surface area contributed by atoms with E-state index in [1.165, 1.54) is 18.2 Å². The van der Waals surface area contributed by atoms with E-state index in [-0.39, 0.29) is 30.2 Å².